The minimum atomic E-state index is 0.438. The number of rotatable bonds is 3. The quantitative estimate of drug-likeness (QED) is 0.824. The average Bonchev–Trinajstić information content (AvgIpc) is 2.73. The van der Waals surface area contributed by atoms with E-state index in [2.05, 4.69) is 51.3 Å². The number of nitrogens with one attached hydrogen (secondary N) is 1. The Morgan fingerprint density at radius 2 is 1.82 bits per heavy atom. The molecule has 0 saturated heterocycles. The van der Waals surface area contributed by atoms with Crippen LogP contribution in [0.1, 0.15) is 55.3 Å². The van der Waals surface area contributed by atoms with Crippen molar-refractivity contribution < 1.29 is 0 Å². The molecule has 1 aliphatic rings. The van der Waals surface area contributed by atoms with E-state index in [0.29, 0.717) is 11.5 Å². The van der Waals surface area contributed by atoms with Crippen molar-refractivity contribution in [3.63, 3.8) is 0 Å². The van der Waals surface area contributed by atoms with Gasteiger partial charge in [0.2, 0.25) is 0 Å². The predicted molar refractivity (Wildman–Crippen MR) is 74.3 cm³/mol. The van der Waals surface area contributed by atoms with Gasteiger partial charge in [-0.2, -0.15) is 0 Å². The first kappa shape index (κ1) is 12.6. The lowest BCUT2D eigenvalue weighted by Gasteiger charge is -2.35. The van der Waals surface area contributed by atoms with Crippen molar-refractivity contribution in [2.45, 2.75) is 52.5 Å². The summed E-state index contributed by atoms with van der Waals surface area (Å²) in [4.78, 5) is 0. The zero-order valence-corrected chi connectivity index (χ0v) is 11.6. The molecule has 1 aliphatic carbocycles. The van der Waals surface area contributed by atoms with E-state index in [1.54, 1.807) is 0 Å². The Kier molecular flexibility index (Phi) is 3.58. The van der Waals surface area contributed by atoms with Crippen LogP contribution in [0.3, 0.4) is 0 Å². The van der Waals surface area contributed by atoms with E-state index in [1.165, 1.54) is 42.4 Å². The van der Waals surface area contributed by atoms with Gasteiger partial charge >= 0.3 is 0 Å². The fraction of sp³-hybridized carbons (Fsp3) is 0.625. The van der Waals surface area contributed by atoms with Crippen LogP contribution in [-0.2, 0) is 0 Å². The molecule has 2 rings (SSSR count). The highest BCUT2D eigenvalue weighted by Gasteiger charge is 2.37. The SMILES string of the molecule is CNC(c1cccc(C)c1C)C1(C)CCCC1. The number of hydrogen-bond acceptors (Lipinski definition) is 1. The van der Waals surface area contributed by atoms with Crippen LogP contribution in [0, 0.1) is 19.3 Å². The molecule has 0 heterocycles. The van der Waals surface area contributed by atoms with E-state index >= 15 is 0 Å². The topological polar surface area (TPSA) is 12.0 Å². The van der Waals surface area contributed by atoms with Gasteiger partial charge in [0, 0.05) is 6.04 Å². The smallest absolute Gasteiger partial charge is 0.0374 e. The zero-order chi connectivity index (χ0) is 12.5. The van der Waals surface area contributed by atoms with Gasteiger partial charge in [-0.05, 0) is 55.8 Å². The Labute approximate surface area is 106 Å². The monoisotopic (exact) mass is 231 g/mol. The van der Waals surface area contributed by atoms with Gasteiger partial charge in [-0.1, -0.05) is 38.0 Å². The summed E-state index contributed by atoms with van der Waals surface area (Å²) in [7, 11) is 2.11. The molecule has 1 heteroatoms. The molecule has 0 amide bonds. The average molecular weight is 231 g/mol. The molecule has 1 N–H and O–H groups in total. The molecular formula is C16H25N. The molecule has 1 aromatic carbocycles. The van der Waals surface area contributed by atoms with Crippen molar-refractivity contribution in [1.82, 2.24) is 5.32 Å². The highest BCUT2D eigenvalue weighted by Crippen LogP contribution is 2.47. The highest BCUT2D eigenvalue weighted by atomic mass is 14.9. The van der Waals surface area contributed by atoms with Crippen LogP contribution in [0.15, 0.2) is 18.2 Å². The van der Waals surface area contributed by atoms with Gasteiger partial charge < -0.3 is 5.32 Å². The number of benzene rings is 1. The highest BCUT2D eigenvalue weighted by molar-refractivity contribution is 5.36. The van der Waals surface area contributed by atoms with E-state index in [4.69, 9.17) is 0 Å². The maximum Gasteiger partial charge on any atom is 0.0374 e. The minimum Gasteiger partial charge on any atom is -0.313 e. The molecule has 0 radical (unpaired) electrons. The summed E-state index contributed by atoms with van der Waals surface area (Å²) in [5.74, 6) is 0. The molecule has 1 fully saturated rings. The molecular weight excluding hydrogens is 206 g/mol. The molecule has 1 nitrogen and oxygen atoms in total. The standard InChI is InChI=1S/C16H25N/c1-12-8-7-9-14(13(12)2)15(17-4)16(3)10-5-6-11-16/h7-9,15,17H,5-6,10-11H2,1-4H3. The summed E-state index contributed by atoms with van der Waals surface area (Å²) >= 11 is 0. The van der Waals surface area contributed by atoms with Gasteiger partial charge in [-0.25, -0.2) is 0 Å². The van der Waals surface area contributed by atoms with Crippen LogP contribution < -0.4 is 5.32 Å². The maximum atomic E-state index is 3.57. The van der Waals surface area contributed by atoms with Crippen molar-refractivity contribution in [2.24, 2.45) is 5.41 Å². The Morgan fingerprint density at radius 1 is 1.18 bits per heavy atom. The van der Waals surface area contributed by atoms with Crippen molar-refractivity contribution in [3.05, 3.63) is 34.9 Å². The van der Waals surface area contributed by atoms with Crippen LogP contribution >= 0.6 is 0 Å². The molecule has 0 aromatic heterocycles. The summed E-state index contributed by atoms with van der Waals surface area (Å²) < 4.78 is 0. The van der Waals surface area contributed by atoms with Crippen LogP contribution in [-0.4, -0.2) is 7.05 Å². The molecule has 0 spiro atoms. The molecule has 1 atom stereocenters. The largest absolute Gasteiger partial charge is 0.313 e. The maximum absolute atomic E-state index is 3.57. The Hall–Kier alpha value is -0.820. The van der Waals surface area contributed by atoms with Crippen LogP contribution in [0.25, 0.3) is 0 Å². The molecule has 94 valence electrons. The normalized spacial score (nSPS) is 20.5. The lowest BCUT2D eigenvalue weighted by Crippen LogP contribution is -2.32. The number of hydrogen-bond donors (Lipinski definition) is 1. The second-order valence-corrected chi connectivity index (χ2v) is 5.87. The van der Waals surface area contributed by atoms with Gasteiger partial charge in [0.1, 0.15) is 0 Å². The van der Waals surface area contributed by atoms with E-state index in [-0.39, 0.29) is 0 Å². The van der Waals surface area contributed by atoms with E-state index in [0.717, 1.165) is 0 Å². The summed E-state index contributed by atoms with van der Waals surface area (Å²) in [6.45, 7) is 6.92. The van der Waals surface area contributed by atoms with E-state index in [9.17, 15) is 0 Å². The van der Waals surface area contributed by atoms with Gasteiger partial charge in [-0.15, -0.1) is 0 Å². The van der Waals surface area contributed by atoms with E-state index in [1.807, 2.05) is 0 Å². The molecule has 1 saturated carbocycles. The van der Waals surface area contributed by atoms with E-state index < -0.39 is 0 Å². The summed E-state index contributed by atoms with van der Waals surface area (Å²) in [5.41, 5.74) is 4.80. The summed E-state index contributed by atoms with van der Waals surface area (Å²) in [6, 6.07) is 7.21. The van der Waals surface area contributed by atoms with Crippen molar-refractivity contribution in [1.29, 1.82) is 0 Å². The first-order valence-electron chi connectivity index (χ1n) is 6.82. The van der Waals surface area contributed by atoms with Crippen LogP contribution in [0.2, 0.25) is 0 Å². The fourth-order valence-corrected chi connectivity index (χ4v) is 3.44. The van der Waals surface area contributed by atoms with Gasteiger partial charge in [-0.3, -0.25) is 0 Å². The van der Waals surface area contributed by atoms with Crippen molar-refractivity contribution in [3.8, 4) is 0 Å². The molecule has 1 aromatic rings. The first-order chi connectivity index (χ1) is 8.08. The third kappa shape index (κ3) is 2.26. The Balaban J connectivity index is 2.38. The summed E-state index contributed by atoms with van der Waals surface area (Å²) in [5, 5.41) is 3.57. The molecule has 1 unspecified atom stereocenters. The third-order valence-corrected chi connectivity index (χ3v) is 4.69. The molecule has 0 aliphatic heterocycles. The molecule has 0 bridgehead atoms. The minimum absolute atomic E-state index is 0.438. The van der Waals surface area contributed by atoms with Crippen molar-refractivity contribution in [2.75, 3.05) is 7.05 Å². The Morgan fingerprint density at radius 3 is 2.41 bits per heavy atom. The second-order valence-electron chi connectivity index (χ2n) is 5.87. The van der Waals surface area contributed by atoms with Crippen LogP contribution in [0.5, 0.6) is 0 Å². The van der Waals surface area contributed by atoms with Crippen LogP contribution in [0.4, 0.5) is 0 Å². The fourth-order valence-electron chi connectivity index (χ4n) is 3.44. The van der Waals surface area contributed by atoms with Gasteiger partial charge in [0.25, 0.3) is 0 Å². The summed E-state index contributed by atoms with van der Waals surface area (Å²) in [6.07, 6.45) is 5.48. The van der Waals surface area contributed by atoms with Gasteiger partial charge in [0.15, 0.2) is 0 Å². The third-order valence-electron chi connectivity index (χ3n) is 4.69. The number of aryl methyl sites for hydroxylation is 1. The first-order valence-corrected chi connectivity index (χ1v) is 6.82. The van der Waals surface area contributed by atoms with Crippen molar-refractivity contribution >= 4 is 0 Å². The lowest BCUT2D eigenvalue weighted by atomic mass is 9.76. The molecule has 17 heavy (non-hydrogen) atoms. The second kappa shape index (κ2) is 4.81. The lowest BCUT2D eigenvalue weighted by molar-refractivity contribution is 0.233. The predicted octanol–water partition coefficient (Wildman–Crippen LogP) is 4.14. The van der Waals surface area contributed by atoms with Gasteiger partial charge in [0.05, 0.1) is 0 Å². The Bertz CT molecular complexity index is 389. The zero-order valence-electron chi connectivity index (χ0n) is 11.6.